The number of anilines is 1. The molecule has 0 spiro atoms. The SMILES string of the molecule is C[C@H](C(=O)NCc1ccncc1)N(c1ccc2c(c1)OCCO2)S(C)(=O)=O. The number of amides is 1. The molecule has 2 heterocycles. The molecular weight excluding hydrogens is 370 g/mol. The summed E-state index contributed by atoms with van der Waals surface area (Å²) < 4.78 is 36.8. The molecule has 0 fully saturated rings. The van der Waals surface area contributed by atoms with Crippen LogP contribution in [0.1, 0.15) is 12.5 Å². The molecule has 1 N–H and O–H groups in total. The predicted molar refractivity (Wildman–Crippen MR) is 100 cm³/mol. The van der Waals surface area contributed by atoms with Gasteiger partial charge in [-0.15, -0.1) is 0 Å². The van der Waals surface area contributed by atoms with E-state index in [1.54, 1.807) is 49.6 Å². The zero-order valence-corrected chi connectivity index (χ0v) is 15.9. The molecule has 2 aromatic rings. The molecule has 1 aliphatic rings. The maximum atomic E-state index is 12.6. The zero-order valence-electron chi connectivity index (χ0n) is 15.1. The number of fused-ring (bicyclic) bond motifs is 1. The Bertz CT molecular complexity index is 918. The van der Waals surface area contributed by atoms with Gasteiger partial charge in [0.1, 0.15) is 19.3 Å². The zero-order chi connectivity index (χ0) is 19.4. The Labute approximate surface area is 158 Å². The molecule has 1 aliphatic heterocycles. The van der Waals surface area contributed by atoms with Crippen molar-refractivity contribution in [3.8, 4) is 11.5 Å². The largest absolute Gasteiger partial charge is 0.486 e. The third kappa shape index (κ3) is 4.48. The summed E-state index contributed by atoms with van der Waals surface area (Å²) in [6.45, 7) is 2.65. The van der Waals surface area contributed by atoms with Gasteiger partial charge in [0.05, 0.1) is 11.9 Å². The van der Waals surface area contributed by atoms with Crippen LogP contribution in [0, 0.1) is 0 Å². The number of carbonyl (C=O) groups excluding carboxylic acids is 1. The average Bonchev–Trinajstić information content (AvgIpc) is 2.65. The quantitative estimate of drug-likeness (QED) is 0.798. The van der Waals surface area contributed by atoms with Crippen LogP contribution in [-0.2, 0) is 21.4 Å². The van der Waals surface area contributed by atoms with Crippen LogP contribution in [0.2, 0.25) is 0 Å². The van der Waals surface area contributed by atoms with Gasteiger partial charge in [0, 0.05) is 25.0 Å². The van der Waals surface area contributed by atoms with E-state index in [2.05, 4.69) is 10.3 Å². The smallest absolute Gasteiger partial charge is 0.243 e. The van der Waals surface area contributed by atoms with Gasteiger partial charge in [-0.05, 0) is 36.8 Å². The van der Waals surface area contributed by atoms with Gasteiger partial charge in [0.25, 0.3) is 0 Å². The van der Waals surface area contributed by atoms with E-state index in [4.69, 9.17) is 9.47 Å². The van der Waals surface area contributed by atoms with Gasteiger partial charge in [-0.3, -0.25) is 14.1 Å². The van der Waals surface area contributed by atoms with Crippen molar-refractivity contribution in [2.45, 2.75) is 19.5 Å². The highest BCUT2D eigenvalue weighted by Crippen LogP contribution is 2.35. The number of hydrogen-bond donors (Lipinski definition) is 1. The van der Waals surface area contributed by atoms with Crippen LogP contribution >= 0.6 is 0 Å². The molecule has 27 heavy (non-hydrogen) atoms. The highest BCUT2D eigenvalue weighted by Gasteiger charge is 2.30. The number of pyridine rings is 1. The summed E-state index contributed by atoms with van der Waals surface area (Å²) in [5.41, 5.74) is 1.21. The van der Waals surface area contributed by atoms with Gasteiger partial charge in [-0.2, -0.15) is 0 Å². The molecule has 1 aromatic carbocycles. The molecule has 0 saturated heterocycles. The molecule has 1 atom stereocenters. The van der Waals surface area contributed by atoms with Crippen molar-refractivity contribution in [2.24, 2.45) is 0 Å². The van der Waals surface area contributed by atoms with E-state index in [-0.39, 0.29) is 6.54 Å². The number of benzene rings is 1. The van der Waals surface area contributed by atoms with Crippen LogP contribution in [0.3, 0.4) is 0 Å². The number of sulfonamides is 1. The Morgan fingerprint density at radius 2 is 1.85 bits per heavy atom. The van der Waals surface area contributed by atoms with Crippen molar-refractivity contribution >= 4 is 21.6 Å². The van der Waals surface area contributed by atoms with E-state index in [9.17, 15) is 13.2 Å². The lowest BCUT2D eigenvalue weighted by Gasteiger charge is -2.29. The molecule has 3 rings (SSSR count). The lowest BCUT2D eigenvalue weighted by Crippen LogP contribution is -2.47. The third-order valence-corrected chi connectivity index (χ3v) is 5.33. The summed E-state index contributed by atoms with van der Waals surface area (Å²) >= 11 is 0. The molecular formula is C18H21N3O5S. The van der Waals surface area contributed by atoms with Crippen molar-refractivity contribution in [3.05, 3.63) is 48.3 Å². The number of rotatable bonds is 6. The van der Waals surface area contributed by atoms with Crippen LogP contribution in [0.4, 0.5) is 5.69 Å². The fourth-order valence-electron chi connectivity index (χ4n) is 2.82. The fourth-order valence-corrected chi connectivity index (χ4v) is 3.98. The summed E-state index contributed by atoms with van der Waals surface area (Å²) in [4.78, 5) is 16.5. The second kappa shape index (κ2) is 7.83. The van der Waals surface area contributed by atoms with Gasteiger partial charge in [-0.25, -0.2) is 8.42 Å². The van der Waals surface area contributed by atoms with E-state index >= 15 is 0 Å². The molecule has 9 heteroatoms. The predicted octanol–water partition coefficient (Wildman–Crippen LogP) is 1.32. The molecule has 0 radical (unpaired) electrons. The average molecular weight is 391 g/mol. The van der Waals surface area contributed by atoms with Crippen LogP contribution < -0.4 is 19.1 Å². The molecule has 0 unspecified atom stereocenters. The number of aromatic nitrogens is 1. The molecule has 0 aliphatic carbocycles. The van der Waals surface area contributed by atoms with Crippen LogP contribution in [0.15, 0.2) is 42.7 Å². The van der Waals surface area contributed by atoms with E-state index in [1.807, 2.05) is 0 Å². The second-order valence-electron chi connectivity index (χ2n) is 6.14. The Hall–Kier alpha value is -2.81. The molecule has 0 saturated carbocycles. The van der Waals surface area contributed by atoms with Crippen LogP contribution in [0.5, 0.6) is 11.5 Å². The topological polar surface area (TPSA) is 97.8 Å². The Balaban J connectivity index is 1.81. The molecule has 8 nitrogen and oxygen atoms in total. The van der Waals surface area contributed by atoms with E-state index in [0.29, 0.717) is 30.4 Å². The molecule has 0 bridgehead atoms. The Morgan fingerprint density at radius 3 is 2.52 bits per heavy atom. The standard InChI is InChI=1S/C18H21N3O5S/c1-13(18(22)20-12-14-5-7-19-8-6-14)21(27(2,23)24)15-3-4-16-17(11-15)26-10-9-25-16/h3-8,11,13H,9-10,12H2,1-2H3,(H,20,22)/t13-/m1/s1. The lowest BCUT2D eigenvalue weighted by molar-refractivity contribution is -0.122. The number of nitrogens with one attached hydrogen (secondary N) is 1. The highest BCUT2D eigenvalue weighted by molar-refractivity contribution is 7.92. The maximum absolute atomic E-state index is 12.6. The van der Waals surface area contributed by atoms with Crippen molar-refractivity contribution in [1.29, 1.82) is 0 Å². The minimum atomic E-state index is -3.71. The van der Waals surface area contributed by atoms with Crippen molar-refractivity contribution < 1.29 is 22.7 Å². The van der Waals surface area contributed by atoms with E-state index < -0.39 is 22.0 Å². The third-order valence-electron chi connectivity index (χ3n) is 4.08. The highest BCUT2D eigenvalue weighted by atomic mass is 32.2. The molecule has 144 valence electrons. The van der Waals surface area contributed by atoms with Gasteiger partial charge < -0.3 is 14.8 Å². The second-order valence-corrected chi connectivity index (χ2v) is 8.00. The number of ether oxygens (including phenoxy) is 2. The van der Waals surface area contributed by atoms with Crippen LogP contribution in [0.25, 0.3) is 0 Å². The summed E-state index contributed by atoms with van der Waals surface area (Å²) in [7, 11) is -3.71. The number of carbonyl (C=O) groups is 1. The minimum Gasteiger partial charge on any atom is -0.486 e. The first kappa shape index (κ1) is 19.0. The van der Waals surface area contributed by atoms with Crippen molar-refractivity contribution in [1.82, 2.24) is 10.3 Å². The van der Waals surface area contributed by atoms with Crippen molar-refractivity contribution in [3.63, 3.8) is 0 Å². The van der Waals surface area contributed by atoms with Gasteiger partial charge in [0.15, 0.2) is 11.5 Å². The normalized spacial score (nSPS) is 14.3. The lowest BCUT2D eigenvalue weighted by atomic mass is 10.2. The van der Waals surface area contributed by atoms with Gasteiger partial charge in [0.2, 0.25) is 15.9 Å². The molecule has 1 amide bonds. The summed E-state index contributed by atoms with van der Waals surface area (Å²) in [5, 5.41) is 2.75. The van der Waals surface area contributed by atoms with E-state index in [1.165, 1.54) is 0 Å². The summed E-state index contributed by atoms with van der Waals surface area (Å²) in [5.74, 6) is 0.595. The fraction of sp³-hybridized carbons (Fsp3) is 0.333. The Morgan fingerprint density at radius 1 is 1.19 bits per heavy atom. The number of hydrogen-bond acceptors (Lipinski definition) is 6. The van der Waals surface area contributed by atoms with Crippen molar-refractivity contribution in [2.75, 3.05) is 23.8 Å². The van der Waals surface area contributed by atoms with Gasteiger partial charge >= 0.3 is 0 Å². The first-order valence-electron chi connectivity index (χ1n) is 8.42. The first-order valence-corrected chi connectivity index (χ1v) is 10.3. The van der Waals surface area contributed by atoms with Gasteiger partial charge in [-0.1, -0.05) is 0 Å². The van der Waals surface area contributed by atoms with E-state index in [0.717, 1.165) is 16.1 Å². The molecule has 1 aromatic heterocycles. The monoisotopic (exact) mass is 391 g/mol. The minimum absolute atomic E-state index is 0.282. The number of nitrogens with zero attached hydrogens (tertiary/aromatic N) is 2. The summed E-state index contributed by atoms with van der Waals surface area (Å²) in [6, 6.07) is 7.43. The van der Waals surface area contributed by atoms with Crippen LogP contribution in [-0.4, -0.2) is 44.8 Å². The maximum Gasteiger partial charge on any atom is 0.243 e. The summed E-state index contributed by atoms with van der Waals surface area (Å²) in [6.07, 6.45) is 4.32. The Kier molecular flexibility index (Phi) is 5.50. The first-order chi connectivity index (χ1) is 12.9.